The highest BCUT2D eigenvalue weighted by Crippen LogP contribution is 2.36. The summed E-state index contributed by atoms with van der Waals surface area (Å²) < 4.78 is 22.3. The number of hydrogen-bond donors (Lipinski definition) is 7. The lowest BCUT2D eigenvalue weighted by Gasteiger charge is -2.37. The van der Waals surface area contributed by atoms with Gasteiger partial charge in [-0.3, -0.25) is 14.0 Å². The molecule has 10 nitrogen and oxygen atoms in total. The third kappa shape index (κ3) is 8.39. The number of benzene rings is 1. The van der Waals surface area contributed by atoms with E-state index in [4.69, 9.17) is 19.6 Å². The van der Waals surface area contributed by atoms with Crippen molar-refractivity contribution in [3.05, 3.63) is 34.9 Å². The number of aryl methyl sites for hydroxylation is 2. The molecular formula is C16H29NO9P2. The van der Waals surface area contributed by atoms with E-state index in [9.17, 15) is 24.4 Å². The van der Waals surface area contributed by atoms with Crippen LogP contribution in [0.5, 0.6) is 0 Å². The molecule has 1 aromatic rings. The van der Waals surface area contributed by atoms with Crippen molar-refractivity contribution in [2.75, 3.05) is 39.2 Å². The first kappa shape index (κ1) is 25.4. The van der Waals surface area contributed by atoms with Gasteiger partial charge in [0.2, 0.25) is 0 Å². The summed E-state index contributed by atoms with van der Waals surface area (Å²) in [4.78, 5) is 37.9. The van der Waals surface area contributed by atoms with Crippen molar-refractivity contribution in [2.45, 2.75) is 24.9 Å². The minimum absolute atomic E-state index is 0.0793. The van der Waals surface area contributed by atoms with Gasteiger partial charge < -0.3 is 34.9 Å². The number of aliphatic hydroxyl groups is 3. The van der Waals surface area contributed by atoms with Crippen molar-refractivity contribution in [2.24, 2.45) is 0 Å². The molecule has 12 heteroatoms. The smallest absolute Gasteiger partial charge is 0.325 e. The predicted molar refractivity (Wildman–Crippen MR) is 103 cm³/mol. The van der Waals surface area contributed by atoms with Crippen molar-refractivity contribution in [1.82, 2.24) is 4.90 Å². The summed E-state index contributed by atoms with van der Waals surface area (Å²) in [5, 5.41) is 28.6. The molecular weight excluding hydrogens is 412 g/mol. The summed E-state index contributed by atoms with van der Waals surface area (Å²) in [5.41, 5.74) is 0.592. The normalized spacial score (nSPS) is 13.3. The van der Waals surface area contributed by atoms with Crippen molar-refractivity contribution in [3.8, 4) is 0 Å². The Labute approximate surface area is 163 Å². The molecule has 1 aromatic carbocycles. The lowest BCUT2D eigenvalue weighted by molar-refractivity contribution is -0.0387. The van der Waals surface area contributed by atoms with Crippen LogP contribution in [0, 0.1) is 0 Å². The fraction of sp³-hybridized carbons (Fsp3) is 0.625. The van der Waals surface area contributed by atoms with E-state index in [1.54, 1.807) is 30.1 Å². The van der Waals surface area contributed by atoms with Gasteiger partial charge >= 0.3 is 15.2 Å². The summed E-state index contributed by atoms with van der Waals surface area (Å²) in [5.74, 6) is 0. The number of hydrogen-bond acceptors (Lipinski definition) is 6. The van der Waals surface area contributed by atoms with Crippen LogP contribution in [0.4, 0.5) is 0 Å². The van der Waals surface area contributed by atoms with E-state index in [0.29, 0.717) is 16.7 Å². The van der Waals surface area contributed by atoms with Gasteiger partial charge in [0.05, 0.1) is 37.7 Å². The summed E-state index contributed by atoms with van der Waals surface area (Å²) >= 11 is 0. The van der Waals surface area contributed by atoms with Crippen LogP contribution in [0.25, 0.3) is 0 Å². The summed E-state index contributed by atoms with van der Waals surface area (Å²) in [6, 6.07) is 5.04. The van der Waals surface area contributed by atoms with E-state index in [0.717, 1.165) is 0 Å². The number of aliphatic hydroxyl groups excluding tert-OH is 3. The molecule has 0 aliphatic rings. The molecule has 7 N–H and O–H groups in total. The molecule has 0 bridgehead atoms. The number of likely N-dealkylation sites (N-methyl/N-ethyl adjacent to an activating group) is 1. The molecule has 0 atom stereocenters. The average Bonchev–Trinajstić information content (AvgIpc) is 2.59. The van der Waals surface area contributed by atoms with Gasteiger partial charge in [-0.25, -0.2) is 0 Å². The molecule has 0 radical (unpaired) electrons. The third-order valence-electron chi connectivity index (χ3n) is 4.61. The quantitative estimate of drug-likeness (QED) is 0.205. The number of nitrogens with zero attached hydrogens (tertiary/aromatic N) is 1. The second kappa shape index (κ2) is 10.4. The molecule has 0 saturated heterocycles. The van der Waals surface area contributed by atoms with Gasteiger partial charge in [0.1, 0.15) is 0 Å². The average molecular weight is 441 g/mol. The van der Waals surface area contributed by atoms with Crippen LogP contribution >= 0.6 is 15.2 Å². The van der Waals surface area contributed by atoms with Crippen LogP contribution in [-0.2, 0) is 28.5 Å². The molecule has 1 rings (SSSR count). The van der Waals surface area contributed by atoms with Gasteiger partial charge in [-0.2, -0.15) is 0 Å². The maximum absolute atomic E-state index is 11.2. The summed E-state index contributed by atoms with van der Waals surface area (Å²) in [6.07, 6.45) is -0.568. The van der Waals surface area contributed by atoms with Crippen molar-refractivity contribution in [3.63, 3.8) is 0 Å². The maximum Gasteiger partial charge on any atom is 0.325 e. The van der Waals surface area contributed by atoms with Crippen LogP contribution in [0.2, 0.25) is 0 Å². The largest absolute Gasteiger partial charge is 0.394 e. The first-order valence-corrected chi connectivity index (χ1v) is 12.2. The highest BCUT2D eigenvalue weighted by atomic mass is 31.2. The van der Waals surface area contributed by atoms with E-state index in [-0.39, 0.29) is 31.7 Å². The molecule has 0 aliphatic carbocycles. The van der Waals surface area contributed by atoms with Gasteiger partial charge in [-0.15, -0.1) is 0 Å². The van der Waals surface area contributed by atoms with Gasteiger partial charge in [-0.05, 0) is 36.6 Å². The fourth-order valence-corrected chi connectivity index (χ4v) is 3.82. The molecule has 0 spiro atoms. The Hall–Kier alpha value is -0.640. The molecule has 0 saturated carbocycles. The Morgan fingerprint density at radius 2 is 1.14 bits per heavy atom. The Balaban J connectivity index is 3.13. The van der Waals surface area contributed by atoms with Crippen molar-refractivity contribution in [1.29, 1.82) is 0 Å². The minimum Gasteiger partial charge on any atom is -0.394 e. The zero-order valence-corrected chi connectivity index (χ0v) is 17.5. The van der Waals surface area contributed by atoms with Crippen LogP contribution < -0.4 is 0 Å². The van der Waals surface area contributed by atoms with E-state index in [2.05, 4.69) is 0 Å². The SMILES string of the molecule is CN(Cc1cc(CCP(=O)(O)O)cc(CCP(=O)(O)O)c1)C(CO)(CO)CO. The maximum atomic E-state index is 11.2. The van der Waals surface area contributed by atoms with E-state index < -0.39 is 40.6 Å². The molecule has 0 unspecified atom stereocenters. The van der Waals surface area contributed by atoms with Crippen LogP contribution in [0.1, 0.15) is 16.7 Å². The highest BCUT2D eigenvalue weighted by Gasteiger charge is 2.33. The molecule has 162 valence electrons. The standard InChI is InChI=1S/C16H29NO9P2/c1-17(16(10-18,11-19)12-20)9-15-7-13(2-4-27(21,22)23)6-14(8-15)3-5-28(24,25)26/h6-8,18-20H,2-5,9-12H2,1H3,(H2,21,22,23)(H2,24,25,26). The van der Waals surface area contributed by atoms with Gasteiger partial charge in [0.25, 0.3) is 0 Å². The minimum atomic E-state index is -4.21. The Morgan fingerprint density at radius 1 is 0.786 bits per heavy atom. The molecule has 28 heavy (non-hydrogen) atoms. The van der Waals surface area contributed by atoms with Crippen LogP contribution in [-0.4, -0.2) is 84.5 Å². The summed E-state index contributed by atoms with van der Waals surface area (Å²) in [7, 11) is -6.81. The second-order valence-corrected chi connectivity index (χ2v) is 10.5. The third-order valence-corrected chi connectivity index (χ3v) is 6.22. The Morgan fingerprint density at radius 3 is 1.46 bits per heavy atom. The first-order valence-electron chi connectivity index (χ1n) is 8.59. The number of rotatable bonds is 12. The second-order valence-electron chi connectivity index (χ2n) is 6.99. The van der Waals surface area contributed by atoms with Crippen molar-refractivity contribution >= 4 is 15.2 Å². The Kier molecular flexibility index (Phi) is 9.44. The van der Waals surface area contributed by atoms with E-state index in [1.165, 1.54) is 0 Å². The van der Waals surface area contributed by atoms with Crippen molar-refractivity contribution < 1.29 is 44.0 Å². The topological polar surface area (TPSA) is 179 Å². The van der Waals surface area contributed by atoms with Gasteiger partial charge in [0, 0.05) is 6.54 Å². The molecule has 0 amide bonds. The predicted octanol–water partition coefficient (Wildman–Crippen LogP) is -0.726. The monoisotopic (exact) mass is 441 g/mol. The van der Waals surface area contributed by atoms with E-state index in [1.807, 2.05) is 0 Å². The molecule has 0 aromatic heterocycles. The van der Waals surface area contributed by atoms with Gasteiger partial charge in [0.15, 0.2) is 0 Å². The van der Waals surface area contributed by atoms with Crippen LogP contribution in [0.3, 0.4) is 0 Å². The molecule has 0 aliphatic heterocycles. The first-order chi connectivity index (χ1) is 12.8. The van der Waals surface area contributed by atoms with Gasteiger partial charge in [-0.1, -0.05) is 18.2 Å². The van der Waals surface area contributed by atoms with Crippen LogP contribution in [0.15, 0.2) is 18.2 Å². The van der Waals surface area contributed by atoms with E-state index >= 15 is 0 Å². The zero-order chi connectivity index (χ0) is 21.6. The molecule has 0 fully saturated rings. The lowest BCUT2D eigenvalue weighted by atomic mass is 9.98. The zero-order valence-electron chi connectivity index (χ0n) is 15.7. The lowest BCUT2D eigenvalue weighted by Crippen LogP contribution is -2.55. The Bertz CT molecular complexity index is 674. The fourth-order valence-electron chi connectivity index (χ4n) is 2.72. The summed E-state index contributed by atoms with van der Waals surface area (Å²) in [6.45, 7) is -1.27. The highest BCUT2D eigenvalue weighted by molar-refractivity contribution is 7.52. The molecule has 0 heterocycles.